The third-order valence-electron chi connectivity index (χ3n) is 4.71. The van der Waals surface area contributed by atoms with Crippen LogP contribution < -0.4 is 19.7 Å². The van der Waals surface area contributed by atoms with Crippen LogP contribution in [-0.2, 0) is 14.3 Å². The second-order valence-corrected chi connectivity index (χ2v) is 7.28. The molecule has 1 atom stereocenters. The summed E-state index contributed by atoms with van der Waals surface area (Å²) >= 11 is 6.22. The van der Waals surface area contributed by atoms with Crippen molar-refractivity contribution < 1.29 is 28.6 Å². The van der Waals surface area contributed by atoms with Crippen molar-refractivity contribution in [1.29, 1.82) is 0 Å². The highest BCUT2D eigenvalue weighted by atomic mass is 35.5. The van der Waals surface area contributed by atoms with Gasteiger partial charge in [-0.2, -0.15) is 0 Å². The molecule has 30 heavy (non-hydrogen) atoms. The standard InChI is InChI=1S/C21H19ClN2O6/c1-12(20(26)24-11-18(25)23-15-5-2-3-6-16(15)24)30-21(27)13-9-14(22)19-17(10-13)28-7-4-8-29-19/h2-3,5-6,9-10,12H,4,7-8,11H2,1H3,(H,23,25)/t12-/m0/s1. The summed E-state index contributed by atoms with van der Waals surface area (Å²) in [5.74, 6) is -0.831. The molecule has 2 heterocycles. The number of esters is 1. The molecule has 1 N–H and O–H groups in total. The highest BCUT2D eigenvalue weighted by Crippen LogP contribution is 2.38. The van der Waals surface area contributed by atoms with Gasteiger partial charge >= 0.3 is 5.97 Å². The van der Waals surface area contributed by atoms with E-state index in [1.165, 1.54) is 24.0 Å². The molecule has 9 heteroatoms. The molecule has 4 rings (SSSR count). The summed E-state index contributed by atoms with van der Waals surface area (Å²) in [6.45, 7) is 2.20. The first kappa shape index (κ1) is 20.0. The number of halogens is 1. The number of hydrogen-bond donors (Lipinski definition) is 1. The van der Waals surface area contributed by atoms with Crippen LogP contribution in [0.4, 0.5) is 11.4 Å². The lowest BCUT2D eigenvalue weighted by Crippen LogP contribution is -2.47. The Bertz CT molecular complexity index is 1020. The molecule has 8 nitrogen and oxygen atoms in total. The Balaban J connectivity index is 1.52. The maximum absolute atomic E-state index is 12.9. The summed E-state index contributed by atoms with van der Waals surface area (Å²) in [4.78, 5) is 38.8. The molecule has 0 saturated carbocycles. The van der Waals surface area contributed by atoms with E-state index in [1.807, 2.05) is 0 Å². The molecule has 2 amide bonds. The van der Waals surface area contributed by atoms with Crippen LogP contribution in [0.1, 0.15) is 23.7 Å². The van der Waals surface area contributed by atoms with Gasteiger partial charge in [0, 0.05) is 6.42 Å². The maximum atomic E-state index is 12.9. The number of fused-ring (bicyclic) bond motifs is 2. The average molecular weight is 431 g/mol. The van der Waals surface area contributed by atoms with Crippen LogP contribution in [0.3, 0.4) is 0 Å². The van der Waals surface area contributed by atoms with E-state index in [0.29, 0.717) is 42.5 Å². The summed E-state index contributed by atoms with van der Waals surface area (Å²) in [6.07, 6.45) is -0.424. The largest absolute Gasteiger partial charge is 0.489 e. The quantitative estimate of drug-likeness (QED) is 0.752. The molecule has 2 aliphatic heterocycles. The predicted molar refractivity (Wildman–Crippen MR) is 109 cm³/mol. The molecule has 0 bridgehead atoms. The van der Waals surface area contributed by atoms with E-state index in [9.17, 15) is 14.4 Å². The van der Waals surface area contributed by atoms with Gasteiger partial charge in [-0.25, -0.2) is 4.79 Å². The van der Waals surface area contributed by atoms with Gasteiger partial charge in [0.2, 0.25) is 5.91 Å². The van der Waals surface area contributed by atoms with Gasteiger partial charge in [-0.05, 0) is 31.2 Å². The fraction of sp³-hybridized carbons (Fsp3) is 0.286. The van der Waals surface area contributed by atoms with E-state index in [2.05, 4.69) is 5.32 Å². The van der Waals surface area contributed by atoms with Gasteiger partial charge in [-0.15, -0.1) is 0 Å². The highest BCUT2D eigenvalue weighted by Gasteiger charge is 2.32. The van der Waals surface area contributed by atoms with Crippen molar-refractivity contribution in [3.05, 3.63) is 47.0 Å². The zero-order valence-corrected chi connectivity index (χ0v) is 16.9. The number of benzene rings is 2. The van der Waals surface area contributed by atoms with Crippen LogP contribution in [0.15, 0.2) is 36.4 Å². The summed E-state index contributed by atoms with van der Waals surface area (Å²) < 4.78 is 16.5. The van der Waals surface area contributed by atoms with Crippen LogP contribution in [0, 0.1) is 0 Å². The molecule has 0 spiro atoms. The molecule has 156 valence electrons. The third kappa shape index (κ3) is 3.91. The molecule has 0 aliphatic carbocycles. The number of amides is 2. The number of carbonyl (C=O) groups excluding carboxylic acids is 3. The van der Waals surface area contributed by atoms with Gasteiger partial charge in [0.15, 0.2) is 17.6 Å². The highest BCUT2D eigenvalue weighted by molar-refractivity contribution is 6.32. The molecule has 2 aromatic rings. The van der Waals surface area contributed by atoms with E-state index in [-0.39, 0.29) is 23.0 Å². The Morgan fingerprint density at radius 1 is 1.20 bits per heavy atom. The fourth-order valence-electron chi connectivity index (χ4n) is 3.28. The first-order chi connectivity index (χ1) is 14.4. The Kier molecular flexibility index (Phi) is 5.50. The number of ether oxygens (including phenoxy) is 3. The first-order valence-electron chi connectivity index (χ1n) is 9.44. The lowest BCUT2D eigenvalue weighted by molar-refractivity contribution is -0.128. The maximum Gasteiger partial charge on any atom is 0.339 e. The van der Waals surface area contributed by atoms with Crippen LogP contribution in [0.2, 0.25) is 5.02 Å². The molecule has 2 aliphatic rings. The van der Waals surface area contributed by atoms with Crippen molar-refractivity contribution >= 4 is 40.8 Å². The van der Waals surface area contributed by atoms with Crippen molar-refractivity contribution in [3.8, 4) is 11.5 Å². The van der Waals surface area contributed by atoms with Crippen molar-refractivity contribution in [2.75, 3.05) is 30.0 Å². The number of para-hydroxylation sites is 2. The monoisotopic (exact) mass is 430 g/mol. The molecule has 0 radical (unpaired) electrons. The van der Waals surface area contributed by atoms with Gasteiger partial charge in [-0.3, -0.25) is 14.5 Å². The number of anilines is 2. The smallest absolute Gasteiger partial charge is 0.339 e. The minimum absolute atomic E-state index is 0.140. The van der Waals surface area contributed by atoms with Crippen molar-refractivity contribution in [2.24, 2.45) is 0 Å². The Morgan fingerprint density at radius 3 is 2.80 bits per heavy atom. The summed E-state index contributed by atoms with van der Waals surface area (Å²) in [6, 6.07) is 9.82. The SMILES string of the molecule is C[C@H](OC(=O)c1cc(Cl)c2c(c1)OCCCO2)C(=O)N1CC(=O)Nc2ccccc21. The normalized spacial score (nSPS) is 16.1. The molecule has 0 saturated heterocycles. The van der Waals surface area contributed by atoms with E-state index >= 15 is 0 Å². The second-order valence-electron chi connectivity index (χ2n) is 6.87. The number of carbonyl (C=O) groups is 3. The number of hydrogen-bond acceptors (Lipinski definition) is 6. The molecular weight excluding hydrogens is 412 g/mol. The minimum atomic E-state index is -1.12. The predicted octanol–water partition coefficient (Wildman–Crippen LogP) is 3.03. The Labute approximate surface area is 177 Å². The van der Waals surface area contributed by atoms with Crippen LogP contribution >= 0.6 is 11.6 Å². The summed E-state index contributed by atoms with van der Waals surface area (Å²) in [5, 5.41) is 2.93. The van der Waals surface area contributed by atoms with Gasteiger partial charge in [0.25, 0.3) is 5.91 Å². The van der Waals surface area contributed by atoms with Crippen LogP contribution in [-0.4, -0.2) is 43.6 Å². The molecular formula is C21H19ClN2O6. The minimum Gasteiger partial charge on any atom is -0.489 e. The molecule has 0 fully saturated rings. The zero-order chi connectivity index (χ0) is 21.3. The van der Waals surface area contributed by atoms with Crippen LogP contribution in [0.25, 0.3) is 0 Å². The van der Waals surface area contributed by atoms with E-state index in [1.54, 1.807) is 24.3 Å². The lowest BCUT2D eigenvalue weighted by atomic mass is 10.1. The first-order valence-corrected chi connectivity index (χ1v) is 9.82. The number of nitrogens with one attached hydrogen (secondary N) is 1. The molecule has 0 aromatic heterocycles. The third-order valence-corrected chi connectivity index (χ3v) is 4.99. The van der Waals surface area contributed by atoms with Gasteiger partial charge in [-0.1, -0.05) is 23.7 Å². The lowest BCUT2D eigenvalue weighted by Gasteiger charge is -2.30. The van der Waals surface area contributed by atoms with E-state index in [0.717, 1.165) is 0 Å². The van der Waals surface area contributed by atoms with Gasteiger partial charge < -0.3 is 19.5 Å². The summed E-state index contributed by atoms with van der Waals surface area (Å²) in [7, 11) is 0. The average Bonchev–Trinajstić information content (AvgIpc) is 2.98. The van der Waals surface area contributed by atoms with E-state index in [4.69, 9.17) is 25.8 Å². The topological polar surface area (TPSA) is 94.2 Å². The second kappa shape index (κ2) is 8.23. The van der Waals surface area contributed by atoms with Crippen molar-refractivity contribution in [1.82, 2.24) is 0 Å². The summed E-state index contributed by atoms with van der Waals surface area (Å²) in [5.41, 5.74) is 1.21. The Morgan fingerprint density at radius 2 is 1.97 bits per heavy atom. The number of rotatable bonds is 3. The van der Waals surface area contributed by atoms with Gasteiger partial charge in [0.05, 0.1) is 35.2 Å². The molecule has 0 unspecified atom stereocenters. The van der Waals surface area contributed by atoms with Crippen LogP contribution in [0.5, 0.6) is 11.5 Å². The van der Waals surface area contributed by atoms with Crippen molar-refractivity contribution in [3.63, 3.8) is 0 Å². The van der Waals surface area contributed by atoms with E-state index < -0.39 is 18.0 Å². The van der Waals surface area contributed by atoms with Gasteiger partial charge in [0.1, 0.15) is 6.54 Å². The Hall–Kier alpha value is -3.26. The zero-order valence-electron chi connectivity index (χ0n) is 16.1. The van der Waals surface area contributed by atoms with Crippen molar-refractivity contribution in [2.45, 2.75) is 19.4 Å². The number of nitrogens with zero attached hydrogens (tertiary/aromatic N) is 1. The fourth-order valence-corrected chi connectivity index (χ4v) is 3.54. The molecule has 2 aromatic carbocycles.